The third kappa shape index (κ3) is 4.99. The standard InChI is InChI=1S/C21H30O5/c1-19(2,3)12-14-10-15(24-7)8-9-16(14)21(13-20(4,5)6)25-17(22)11-18(23)26-21/h8-10H,11-13H2,1-7H3. The van der Waals surface area contributed by atoms with Crippen molar-refractivity contribution in [3.63, 3.8) is 0 Å². The monoisotopic (exact) mass is 362 g/mol. The smallest absolute Gasteiger partial charge is 0.320 e. The van der Waals surface area contributed by atoms with Crippen LogP contribution < -0.4 is 4.74 Å². The molecule has 1 aliphatic heterocycles. The van der Waals surface area contributed by atoms with Crippen molar-refractivity contribution in [3.8, 4) is 5.75 Å². The summed E-state index contributed by atoms with van der Waals surface area (Å²) in [4.78, 5) is 24.2. The van der Waals surface area contributed by atoms with Gasteiger partial charge in [-0.3, -0.25) is 9.59 Å². The highest BCUT2D eigenvalue weighted by Gasteiger charge is 2.48. The molecule has 0 unspecified atom stereocenters. The molecule has 26 heavy (non-hydrogen) atoms. The lowest BCUT2D eigenvalue weighted by molar-refractivity contribution is -0.258. The lowest BCUT2D eigenvalue weighted by Crippen LogP contribution is -2.46. The Labute approximate surface area is 156 Å². The topological polar surface area (TPSA) is 61.8 Å². The van der Waals surface area contributed by atoms with Gasteiger partial charge in [-0.25, -0.2) is 0 Å². The number of carbonyl (C=O) groups excluding carboxylic acids is 2. The van der Waals surface area contributed by atoms with Crippen LogP contribution in [0.5, 0.6) is 5.75 Å². The van der Waals surface area contributed by atoms with E-state index in [1.165, 1.54) is 0 Å². The van der Waals surface area contributed by atoms with E-state index in [1.54, 1.807) is 7.11 Å². The fraction of sp³-hybridized carbons (Fsp3) is 0.619. The highest BCUT2D eigenvalue weighted by molar-refractivity contribution is 5.93. The molecule has 1 saturated heterocycles. The molecule has 0 saturated carbocycles. The Morgan fingerprint density at radius 3 is 2.04 bits per heavy atom. The van der Waals surface area contributed by atoms with Gasteiger partial charge in [0.05, 0.1) is 7.11 Å². The van der Waals surface area contributed by atoms with Crippen molar-refractivity contribution in [1.82, 2.24) is 0 Å². The normalized spacial score (nSPS) is 17.5. The summed E-state index contributed by atoms with van der Waals surface area (Å²) in [6.07, 6.45) is 0.748. The first-order valence-corrected chi connectivity index (χ1v) is 8.95. The van der Waals surface area contributed by atoms with Gasteiger partial charge in [-0.05, 0) is 41.0 Å². The van der Waals surface area contributed by atoms with E-state index in [1.807, 2.05) is 39.0 Å². The van der Waals surface area contributed by atoms with Gasteiger partial charge in [0.1, 0.15) is 12.2 Å². The first kappa shape index (κ1) is 20.3. The van der Waals surface area contributed by atoms with E-state index >= 15 is 0 Å². The predicted molar refractivity (Wildman–Crippen MR) is 98.7 cm³/mol. The molecule has 5 nitrogen and oxygen atoms in total. The number of carbonyl (C=O) groups is 2. The Bertz CT molecular complexity index is 675. The average molecular weight is 362 g/mol. The van der Waals surface area contributed by atoms with Gasteiger partial charge >= 0.3 is 11.9 Å². The lowest BCUT2D eigenvalue weighted by Gasteiger charge is -2.41. The maximum atomic E-state index is 12.1. The fourth-order valence-corrected chi connectivity index (χ4v) is 3.34. The summed E-state index contributed by atoms with van der Waals surface area (Å²) >= 11 is 0. The number of methoxy groups -OCH3 is 1. The van der Waals surface area contributed by atoms with Crippen molar-refractivity contribution in [3.05, 3.63) is 29.3 Å². The van der Waals surface area contributed by atoms with Crippen molar-refractivity contribution in [1.29, 1.82) is 0 Å². The van der Waals surface area contributed by atoms with Crippen LogP contribution in [0.2, 0.25) is 0 Å². The van der Waals surface area contributed by atoms with Crippen molar-refractivity contribution in [2.45, 2.75) is 66.6 Å². The number of benzene rings is 1. The Morgan fingerprint density at radius 2 is 1.58 bits per heavy atom. The molecule has 2 rings (SSSR count). The third-order valence-corrected chi connectivity index (χ3v) is 4.05. The maximum absolute atomic E-state index is 12.1. The van der Waals surface area contributed by atoms with Crippen molar-refractivity contribution in [2.24, 2.45) is 10.8 Å². The summed E-state index contributed by atoms with van der Waals surface area (Å²) < 4.78 is 16.8. The van der Waals surface area contributed by atoms with Crippen molar-refractivity contribution in [2.75, 3.05) is 7.11 Å². The van der Waals surface area contributed by atoms with E-state index in [4.69, 9.17) is 14.2 Å². The van der Waals surface area contributed by atoms with E-state index in [2.05, 4.69) is 20.8 Å². The largest absolute Gasteiger partial charge is 0.497 e. The van der Waals surface area contributed by atoms with Gasteiger partial charge in [-0.15, -0.1) is 0 Å². The second-order valence-electron chi connectivity index (χ2n) is 9.38. The molecule has 1 fully saturated rings. The van der Waals surface area contributed by atoms with Gasteiger partial charge in [0.25, 0.3) is 5.79 Å². The van der Waals surface area contributed by atoms with Crippen molar-refractivity contribution >= 4 is 11.9 Å². The van der Waals surface area contributed by atoms with E-state index in [0.717, 1.165) is 12.0 Å². The zero-order valence-corrected chi connectivity index (χ0v) is 16.9. The first-order valence-electron chi connectivity index (χ1n) is 8.95. The van der Waals surface area contributed by atoms with Crippen LogP contribution in [0.1, 0.15) is 65.5 Å². The van der Waals surface area contributed by atoms with Gasteiger partial charge in [-0.2, -0.15) is 0 Å². The summed E-state index contributed by atoms with van der Waals surface area (Å²) in [5.74, 6) is -1.80. The van der Waals surface area contributed by atoms with E-state index in [-0.39, 0.29) is 17.3 Å². The molecule has 144 valence electrons. The molecule has 1 aliphatic rings. The molecule has 0 aromatic heterocycles. The molecule has 0 atom stereocenters. The summed E-state index contributed by atoms with van der Waals surface area (Å²) in [7, 11) is 1.61. The van der Waals surface area contributed by atoms with Crippen LogP contribution in [0.15, 0.2) is 18.2 Å². The Kier molecular flexibility index (Phi) is 5.41. The molecule has 1 aromatic rings. The van der Waals surface area contributed by atoms with Gasteiger partial charge in [0, 0.05) is 12.0 Å². The zero-order chi connectivity index (χ0) is 19.8. The van der Waals surface area contributed by atoms with E-state index in [0.29, 0.717) is 17.7 Å². The molecule has 0 spiro atoms. The fourth-order valence-electron chi connectivity index (χ4n) is 3.34. The second kappa shape index (κ2) is 6.93. The van der Waals surface area contributed by atoms with E-state index < -0.39 is 17.7 Å². The number of rotatable bonds is 4. The summed E-state index contributed by atoms with van der Waals surface area (Å²) in [5.41, 5.74) is 1.43. The van der Waals surface area contributed by atoms with Gasteiger partial charge in [0.2, 0.25) is 0 Å². The Balaban J connectivity index is 2.63. The number of esters is 2. The molecular formula is C21H30O5. The molecule has 0 radical (unpaired) electrons. The lowest BCUT2D eigenvalue weighted by atomic mass is 9.79. The number of hydrogen-bond donors (Lipinski definition) is 0. The molecule has 0 N–H and O–H groups in total. The second-order valence-corrected chi connectivity index (χ2v) is 9.38. The Hall–Kier alpha value is -2.04. The predicted octanol–water partition coefficient (Wildman–Crippen LogP) is 4.36. The van der Waals surface area contributed by atoms with Crippen LogP contribution in [0.4, 0.5) is 0 Å². The van der Waals surface area contributed by atoms with Gasteiger partial charge < -0.3 is 14.2 Å². The molecule has 1 heterocycles. The van der Waals surface area contributed by atoms with Gasteiger partial charge in [0.15, 0.2) is 0 Å². The summed E-state index contributed by atoms with van der Waals surface area (Å²) in [6, 6.07) is 5.58. The van der Waals surface area contributed by atoms with Crippen LogP contribution in [0, 0.1) is 10.8 Å². The highest BCUT2D eigenvalue weighted by atomic mass is 16.7. The van der Waals surface area contributed by atoms with Crippen LogP contribution in [0.25, 0.3) is 0 Å². The molecule has 5 heteroatoms. The summed E-state index contributed by atoms with van der Waals surface area (Å²) in [6.45, 7) is 12.5. The SMILES string of the molecule is COc1ccc(C2(CC(C)(C)C)OC(=O)CC(=O)O2)c(CC(C)(C)C)c1. The van der Waals surface area contributed by atoms with Gasteiger partial charge in [-0.1, -0.05) is 41.5 Å². The van der Waals surface area contributed by atoms with Crippen LogP contribution in [-0.2, 0) is 31.3 Å². The molecule has 1 aromatic carbocycles. The zero-order valence-electron chi connectivity index (χ0n) is 16.9. The minimum Gasteiger partial charge on any atom is -0.497 e. The van der Waals surface area contributed by atoms with Crippen LogP contribution >= 0.6 is 0 Å². The van der Waals surface area contributed by atoms with E-state index in [9.17, 15) is 9.59 Å². The third-order valence-electron chi connectivity index (χ3n) is 4.05. The van der Waals surface area contributed by atoms with Crippen LogP contribution in [0.3, 0.4) is 0 Å². The molecule has 0 amide bonds. The molecule has 0 bridgehead atoms. The number of ether oxygens (including phenoxy) is 3. The number of cyclic esters (lactones) is 2. The minimum atomic E-state index is -1.41. The molecular weight excluding hydrogens is 332 g/mol. The highest BCUT2D eigenvalue weighted by Crippen LogP contribution is 2.44. The average Bonchev–Trinajstić information content (AvgIpc) is 2.42. The molecule has 0 aliphatic carbocycles. The summed E-state index contributed by atoms with van der Waals surface area (Å²) in [5, 5.41) is 0. The number of hydrogen-bond acceptors (Lipinski definition) is 5. The van der Waals surface area contributed by atoms with Crippen LogP contribution in [-0.4, -0.2) is 19.0 Å². The Morgan fingerprint density at radius 1 is 1.00 bits per heavy atom. The van der Waals surface area contributed by atoms with Crippen molar-refractivity contribution < 1.29 is 23.8 Å². The first-order chi connectivity index (χ1) is 11.8. The quantitative estimate of drug-likeness (QED) is 0.588. The minimum absolute atomic E-state index is 0.00722. The maximum Gasteiger partial charge on any atom is 0.320 e.